The molecule has 0 aliphatic rings. The fraction of sp³-hybridized carbons (Fsp3) is 0.143. The van der Waals surface area contributed by atoms with E-state index >= 15 is 0 Å². The average Bonchev–Trinajstić information content (AvgIpc) is 2.84. The summed E-state index contributed by atoms with van der Waals surface area (Å²) in [6, 6.07) is 11.4. The maximum atomic E-state index is 10.4. The summed E-state index contributed by atoms with van der Waals surface area (Å²) in [5.41, 5.74) is 2.36. The van der Waals surface area contributed by atoms with E-state index in [-0.39, 0.29) is 0 Å². The molecule has 1 N–H and O–H groups in total. The zero-order valence-electron chi connectivity index (χ0n) is 9.99. The van der Waals surface area contributed by atoms with E-state index in [4.69, 9.17) is 0 Å². The Morgan fingerprint density at radius 2 is 2.06 bits per heavy atom. The highest BCUT2D eigenvalue weighted by molar-refractivity contribution is 5.82. The highest BCUT2D eigenvalue weighted by atomic mass is 16.3. The summed E-state index contributed by atoms with van der Waals surface area (Å²) in [6.45, 7) is 0. The highest BCUT2D eigenvalue weighted by Gasteiger charge is 2.15. The Morgan fingerprint density at radius 1 is 1.17 bits per heavy atom. The summed E-state index contributed by atoms with van der Waals surface area (Å²) < 4.78 is 1.68. The van der Waals surface area contributed by atoms with Gasteiger partial charge in [-0.3, -0.25) is 9.67 Å². The third kappa shape index (κ3) is 1.76. The van der Waals surface area contributed by atoms with E-state index in [2.05, 4.69) is 10.1 Å². The second-order valence-electron chi connectivity index (χ2n) is 4.23. The summed E-state index contributed by atoms with van der Waals surface area (Å²) in [7, 11) is 1.83. The van der Waals surface area contributed by atoms with Gasteiger partial charge >= 0.3 is 0 Å². The molecular formula is C14H13N3O. The third-order valence-electron chi connectivity index (χ3n) is 2.99. The lowest BCUT2D eigenvalue weighted by atomic mass is 10.0. The van der Waals surface area contributed by atoms with E-state index in [1.165, 1.54) is 0 Å². The first-order valence-corrected chi connectivity index (χ1v) is 5.77. The van der Waals surface area contributed by atoms with Crippen molar-refractivity contribution in [2.45, 2.75) is 6.10 Å². The summed E-state index contributed by atoms with van der Waals surface area (Å²) in [5, 5.41) is 15.6. The van der Waals surface area contributed by atoms with Crippen molar-refractivity contribution in [1.82, 2.24) is 14.8 Å². The standard InChI is InChI=1S/C14H13N3O/c1-17-9-7-13(16-17)14(18)11-4-2-6-12-10(11)5-3-8-15-12/h2-9,14,18H,1H3. The SMILES string of the molecule is Cn1ccc(C(O)c2cccc3ncccc23)n1. The maximum absolute atomic E-state index is 10.4. The molecule has 0 spiro atoms. The second kappa shape index (κ2) is 4.23. The van der Waals surface area contributed by atoms with Gasteiger partial charge in [0.05, 0.1) is 11.2 Å². The van der Waals surface area contributed by atoms with E-state index in [1.54, 1.807) is 10.9 Å². The van der Waals surface area contributed by atoms with Crippen molar-refractivity contribution in [2.24, 2.45) is 7.05 Å². The van der Waals surface area contributed by atoms with Gasteiger partial charge in [-0.1, -0.05) is 18.2 Å². The molecule has 2 aromatic heterocycles. The predicted octanol–water partition coefficient (Wildman–Crippen LogP) is 2.05. The van der Waals surface area contributed by atoms with E-state index in [0.717, 1.165) is 16.5 Å². The molecule has 0 saturated carbocycles. The van der Waals surface area contributed by atoms with Crippen LogP contribution in [0.3, 0.4) is 0 Å². The molecule has 0 fully saturated rings. The molecule has 0 aliphatic carbocycles. The molecule has 1 unspecified atom stereocenters. The highest BCUT2D eigenvalue weighted by Crippen LogP contribution is 2.26. The normalized spacial score (nSPS) is 12.8. The van der Waals surface area contributed by atoms with Crippen LogP contribution < -0.4 is 0 Å². The van der Waals surface area contributed by atoms with Crippen LogP contribution >= 0.6 is 0 Å². The number of hydrogen-bond donors (Lipinski definition) is 1. The number of fused-ring (bicyclic) bond motifs is 1. The van der Waals surface area contributed by atoms with Gasteiger partial charge in [-0.15, -0.1) is 0 Å². The fourth-order valence-electron chi connectivity index (χ4n) is 2.10. The van der Waals surface area contributed by atoms with E-state index in [9.17, 15) is 5.11 Å². The van der Waals surface area contributed by atoms with Crippen LogP contribution in [-0.2, 0) is 7.05 Å². The molecule has 18 heavy (non-hydrogen) atoms. The zero-order chi connectivity index (χ0) is 12.5. The van der Waals surface area contributed by atoms with Gasteiger partial charge in [0.1, 0.15) is 6.10 Å². The first-order valence-electron chi connectivity index (χ1n) is 5.77. The largest absolute Gasteiger partial charge is 0.382 e. The van der Waals surface area contributed by atoms with Crippen molar-refractivity contribution in [1.29, 1.82) is 0 Å². The van der Waals surface area contributed by atoms with Gasteiger partial charge in [0, 0.05) is 24.8 Å². The summed E-state index contributed by atoms with van der Waals surface area (Å²) in [5.74, 6) is 0. The molecule has 0 bridgehead atoms. The lowest BCUT2D eigenvalue weighted by Crippen LogP contribution is -2.02. The number of rotatable bonds is 2. The second-order valence-corrected chi connectivity index (χ2v) is 4.23. The maximum Gasteiger partial charge on any atom is 0.123 e. The van der Waals surface area contributed by atoms with Crippen LogP contribution in [0.5, 0.6) is 0 Å². The smallest absolute Gasteiger partial charge is 0.123 e. The monoisotopic (exact) mass is 239 g/mol. The van der Waals surface area contributed by atoms with Crippen molar-refractivity contribution in [2.75, 3.05) is 0 Å². The molecule has 0 radical (unpaired) electrons. The summed E-state index contributed by atoms with van der Waals surface area (Å²) in [4.78, 5) is 4.29. The lowest BCUT2D eigenvalue weighted by molar-refractivity contribution is 0.216. The minimum absolute atomic E-state index is 0.647. The Hall–Kier alpha value is -2.20. The van der Waals surface area contributed by atoms with Gasteiger partial charge in [-0.25, -0.2) is 0 Å². The number of benzene rings is 1. The number of hydrogen-bond acceptors (Lipinski definition) is 3. The number of aliphatic hydroxyl groups is 1. The van der Waals surface area contributed by atoms with Gasteiger partial charge < -0.3 is 5.11 Å². The Balaban J connectivity index is 2.14. The lowest BCUT2D eigenvalue weighted by Gasteiger charge is -2.11. The predicted molar refractivity (Wildman–Crippen MR) is 69.0 cm³/mol. The first kappa shape index (κ1) is 10.9. The van der Waals surface area contributed by atoms with E-state index in [1.807, 2.05) is 49.6 Å². The van der Waals surface area contributed by atoms with Crippen molar-refractivity contribution in [3.8, 4) is 0 Å². The Bertz CT molecular complexity index is 685. The van der Waals surface area contributed by atoms with Gasteiger partial charge in [0.15, 0.2) is 0 Å². The number of aromatic nitrogens is 3. The summed E-state index contributed by atoms with van der Waals surface area (Å²) >= 11 is 0. The van der Waals surface area contributed by atoms with Crippen LogP contribution in [0.2, 0.25) is 0 Å². The molecule has 90 valence electrons. The third-order valence-corrected chi connectivity index (χ3v) is 2.99. The zero-order valence-corrected chi connectivity index (χ0v) is 9.99. The summed E-state index contributed by atoms with van der Waals surface area (Å²) in [6.07, 6.45) is 2.85. The van der Waals surface area contributed by atoms with Gasteiger partial charge in [0.25, 0.3) is 0 Å². The van der Waals surface area contributed by atoms with Crippen LogP contribution in [-0.4, -0.2) is 19.9 Å². The van der Waals surface area contributed by atoms with Crippen LogP contribution in [0.25, 0.3) is 10.9 Å². The van der Waals surface area contributed by atoms with Crippen molar-refractivity contribution < 1.29 is 5.11 Å². The van der Waals surface area contributed by atoms with Gasteiger partial charge in [-0.2, -0.15) is 5.10 Å². The molecule has 1 aromatic carbocycles. The Labute approximate surface area is 105 Å². The Kier molecular flexibility index (Phi) is 2.57. The van der Waals surface area contributed by atoms with Crippen LogP contribution in [0.15, 0.2) is 48.8 Å². The van der Waals surface area contributed by atoms with Crippen LogP contribution in [0, 0.1) is 0 Å². The molecule has 0 amide bonds. The molecule has 3 rings (SSSR count). The first-order chi connectivity index (χ1) is 8.75. The molecule has 1 atom stereocenters. The Morgan fingerprint density at radius 3 is 2.83 bits per heavy atom. The topological polar surface area (TPSA) is 50.9 Å². The van der Waals surface area contributed by atoms with Crippen LogP contribution in [0.4, 0.5) is 0 Å². The van der Waals surface area contributed by atoms with Crippen molar-refractivity contribution >= 4 is 10.9 Å². The number of nitrogens with zero attached hydrogens (tertiary/aromatic N) is 3. The van der Waals surface area contributed by atoms with Crippen molar-refractivity contribution in [3.05, 3.63) is 60.0 Å². The molecular weight excluding hydrogens is 226 g/mol. The van der Waals surface area contributed by atoms with E-state index in [0.29, 0.717) is 5.69 Å². The quantitative estimate of drug-likeness (QED) is 0.744. The molecule has 3 aromatic rings. The number of aliphatic hydroxyl groups excluding tert-OH is 1. The minimum Gasteiger partial charge on any atom is -0.382 e. The minimum atomic E-state index is -0.723. The fourth-order valence-corrected chi connectivity index (χ4v) is 2.10. The molecule has 0 saturated heterocycles. The number of aryl methyl sites for hydroxylation is 1. The van der Waals surface area contributed by atoms with E-state index < -0.39 is 6.10 Å². The number of pyridine rings is 1. The average molecular weight is 239 g/mol. The van der Waals surface area contributed by atoms with Gasteiger partial charge in [0.2, 0.25) is 0 Å². The molecule has 0 aliphatic heterocycles. The van der Waals surface area contributed by atoms with Gasteiger partial charge in [-0.05, 0) is 23.8 Å². The molecule has 2 heterocycles. The van der Waals surface area contributed by atoms with Crippen molar-refractivity contribution in [3.63, 3.8) is 0 Å². The molecule has 4 nitrogen and oxygen atoms in total. The molecule has 4 heteroatoms. The van der Waals surface area contributed by atoms with Crippen LogP contribution in [0.1, 0.15) is 17.4 Å².